The molecule has 1 aromatic carbocycles. The number of likely N-dealkylation sites (tertiary alicyclic amines) is 1. The summed E-state index contributed by atoms with van der Waals surface area (Å²) < 4.78 is 0. The molecule has 2 amide bonds. The van der Waals surface area contributed by atoms with Gasteiger partial charge in [0.1, 0.15) is 0 Å². The molecule has 3 heteroatoms. The van der Waals surface area contributed by atoms with Gasteiger partial charge in [-0.1, -0.05) is 43.2 Å². The van der Waals surface area contributed by atoms with E-state index in [0.717, 1.165) is 6.54 Å². The highest BCUT2D eigenvalue weighted by Gasteiger charge is 2.39. The Bertz CT molecular complexity index is 435. The average molecular weight is 228 g/mol. The van der Waals surface area contributed by atoms with E-state index < -0.39 is 0 Å². The zero-order valence-electron chi connectivity index (χ0n) is 9.89. The molecule has 1 N–H and O–H groups in total. The summed E-state index contributed by atoms with van der Waals surface area (Å²) in [7, 11) is 0. The molecule has 0 saturated carbocycles. The van der Waals surface area contributed by atoms with E-state index in [2.05, 4.69) is 30.3 Å². The molecule has 1 aliphatic rings. The lowest BCUT2D eigenvalue weighted by Crippen LogP contribution is -2.55. The standard InChI is InChI=1S/C14H16N2O/c1-3-9-15-14(17)16-10-11(2)13(16)12-7-5-4-6-8-12/h1,4-8,11,13H,9-10H2,2H3,(H,15,17). The molecule has 1 heterocycles. The number of carbonyl (C=O) groups is 1. The quantitative estimate of drug-likeness (QED) is 0.772. The first-order chi connectivity index (χ1) is 8.24. The third-order valence-corrected chi connectivity index (χ3v) is 3.10. The van der Waals surface area contributed by atoms with Gasteiger partial charge in [0.2, 0.25) is 0 Å². The van der Waals surface area contributed by atoms with E-state index in [-0.39, 0.29) is 18.6 Å². The Kier molecular flexibility index (Phi) is 3.34. The SMILES string of the molecule is C#CCNC(=O)N1CC(C)C1c1ccccc1. The molecule has 0 aliphatic carbocycles. The van der Waals surface area contributed by atoms with Crippen LogP contribution in [0.3, 0.4) is 0 Å². The summed E-state index contributed by atoms with van der Waals surface area (Å²) in [6.45, 7) is 3.23. The number of terminal acetylenes is 1. The summed E-state index contributed by atoms with van der Waals surface area (Å²) in [6.07, 6.45) is 5.13. The maximum atomic E-state index is 11.8. The van der Waals surface area contributed by atoms with Crippen LogP contribution in [0.1, 0.15) is 18.5 Å². The van der Waals surface area contributed by atoms with Crippen molar-refractivity contribution in [1.29, 1.82) is 0 Å². The number of carbonyl (C=O) groups excluding carboxylic acids is 1. The summed E-state index contributed by atoms with van der Waals surface area (Å²) in [5.74, 6) is 2.90. The molecular weight excluding hydrogens is 212 g/mol. The van der Waals surface area contributed by atoms with Crippen LogP contribution in [0.15, 0.2) is 30.3 Å². The van der Waals surface area contributed by atoms with Crippen molar-refractivity contribution >= 4 is 6.03 Å². The van der Waals surface area contributed by atoms with Crippen LogP contribution >= 0.6 is 0 Å². The fourth-order valence-electron chi connectivity index (χ4n) is 2.29. The van der Waals surface area contributed by atoms with Crippen LogP contribution in [0, 0.1) is 18.3 Å². The van der Waals surface area contributed by atoms with Crippen molar-refractivity contribution in [3.63, 3.8) is 0 Å². The van der Waals surface area contributed by atoms with Gasteiger partial charge >= 0.3 is 6.03 Å². The predicted molar refractivity (Wildman–Crippen MR) is 67.3 cm³/mol. The van der Waals surface area contributed by atoms with Crippen molar-refractivity contribution in [1.82, 2.24) is 10.2 Å². The second-order valence-corrected chi connectivity index (χ2v) is 4.35. The lowest BCUT2D eigenvalue weighted by Gasteiger charge is -2.46. The van der Waals surface area contributed by atoms with Crippen LogP contribution in [-0.4, -0.2) is 24.0 Å². The molecule has 3 nitrogen and oxygen atoms in total. The van der Waals surface area contributed by atoms with Crippen molar-refractivity contribution in [2.75, 3.05) is 13.1 Å². The molecule has 2 rings (SSSR count). The van der Waals surface area contributed by atoms with E-state index >= 15 is 0 Å². The van der Waals surface area contributed by atoms with Crippen LogP contribution in [-0.2, 0) is 0 Å². The third-order valence-electron chi connectivity index (χ3n) is 3.10. The van der Waals surface area contributed by atoms with Crippen molar-refractivity contribution in [2.45, 2.75) is 13.0 Å². The van der Waals surface area contributed by atoms with Gasteiger partial charge in [0.05, 0.1) is 12.6 Å². The number of nitrogens with one attached hydrogen (secondary N) is 1. The largest absolute Gasteiger partial charge is 0.327 e. The van der Waals surface area contributed by atoms with Gasteiger partial charge in [0.15, 0.2) is 0 Å². The Labute approximate surface area is 102 Å². The highest BCUT2D eigenvalue weighted by atomic mass is 16.2. The summed E-state index contributed by atoms with van der Waals surface area (Å²) in [6, 6.07) is 10.2. The van der Waals surface area contributed by atoms with Crippen LogP contribution in [0.4, 0.5) is 4.79 Å². The number of benzene rings is 1. The highest BCUT2D eigenvalue weighted by Crippen LogP contribution is 2.38. The maximum absolute atomic E-state index is 11.8. The number of urea groups is 1. The normalized spacial score (nSPS) is 22.5. The van der Waals surface area contributed by atoms with Gasteiger partial charge in [0.25, 0.3) is 0 Å². The van der Waals surface area contributed by atoms with E-state index in [1.807, 2.05) is 23.1 Å². The van der Waals surface area contributed by atoms with Crippen molar-refractivity contribution in [2.24, 2.45) is 5.92 Å². The lowest BCUT2D eigenvalue weighted by atomic mass is 9.85. The van der Waals surface area contributed by atoms with Gasteiger partial charge < -0.3 is 10.2 Å². The Hall–Kier alpha value is -1.95. The summed E-state index contributed by atoms with van der Waals surface area (Å²) in [5, 5.41) is 2.71. The van der Waals surface area contributed by atoms with Gasteiger partial charge in [-0.05, 0) is 11.5 Å². The van der Waals surface area contributed by atoms with Gasteiger partial charge in [0, 0.05) is 6.54 Å². The maximum Gasteiger partial charge on any atom is 0.318 e. The third kappa shape index (κ3) is 2.26. The molecule has 0 aromatic heterocycles. The van der Waals surface area contributed by atoms with Crippen molar-refractivity contribution < 1.29 is 4.79 Å². The first-order valence-corrected chi connectivity index (χ1v) is 5.77. The van der Waals surface area contributed by atoms with E-state index in [1.54, 1.807) is 0 Å². The lowest BCUT2D eigenvalue weighted by molar-refractivity contribution is 0.0599. The van der Waals surface area contributed by atoms with E-state index in [9.17, 15) is 4.79 Å². The number of amides is 2. The van der Waals surface area contributed by atoms with Gasteiger partial charge in [-0.2, -0.15) is 0 Å². The van der Waals surface area contributed by atoms with Crippen LogP contribution in [0.2, 0.25) is 0 Å². The van der Waals surface area contributed by atoms with Crippen LogP contribution < -0.4 is 5.32 Å². The van der Waals surface area contributed by atoms with Gasteiger partial charge in [-0.3, -0.25) is 0 Å². The second-order valence-electron chi connectivity index (χ2n) is 4.35. The monoisotopic (exact) mass is 228 g/mol. The molecule has 1 aromatic rings. The molecule has 1 fully saturated rings. The number of nitrogens with zero attached hydrogens (tertiary/aromatic N) is 1. The Morgan fingerprint density at radius 3 is 2.82 bits per heavy atom. The topological polar surface area (TPSA) is 32.3 Å². The van der Waals surface area contributed by atoms with E-state index in [0.29, 0.717) is 5.92 Å². The summed E-state index contributed by atoms with van der Waals surface area (Å²) >= 11 is 0. The van der Waals surface area contributed by atoms with E-state index in [1.165, 1.54) is 5.56 Å². The molecule has 0 radical (unpaired) electrons. The summed E-state index contributed by atoms with van der Waals surface area (Å²) in [5.41, 5.74) is 1.18. The molecule has 17 heavy (non-hydrogen) atoms. The highest BCUT2D eigenvalue weighted by molar-refractivity contribution is 5.76. The van der Waals surface area contributed by atoms with Gasteiger partial charge in [-0.15, -0.1) is 6.42 Å². The molecule has 2 unspecified atom stereocenters. The minimum Gasteiger partial charge on any atom is -0.327 e. The minimum absolute atomic E-state index is 0.0742. The Balaban J connectivity index is 2.07. The first-order valence-electron chi connectivity index (χ1n) is 5.77. The molecule has 1 aliphatic heterocycles. The van der Waals surface area contributed by atoms with Crippen molar-refractivity contribution in [3.8, 4) is 12.3 Å². The van der Waals surface area contributed by atoms with Crippen LogP contribution in [0.5, 0.6) is 0 Å². The van der Waals surface area contributed by atoms with Crippen molar-refractivity contribution in [3.05, 3.63) is 35.9 Å². The number of rotatable bonds is 2. The first kappa shape index (κ1) is 11.5. The summed E-state index contributed by atoms with van der Waals surface area (Å²) in [4.78, 5) is 13.7. The minimum atomic E-state index is -0.0742. The second kappa shape index (κ2) is 4.92. The molecule has 2 atom stereocenters. The smallest absolute Gasteiger partial charge is 0.318 e. The zero-order valence-corrected chi connectivity index (χ0v) is 9.89. The molecular formula is C14H16N2O. The fraction of sp³-hybridized carbons (Fsp3) is 0.357. The zero-order chi connectivity index (χ0) is 12.3. The Morgan fingerprint density at radius 2 is 2.24 bits per heavy atom. The average Bonchev–Trinajstić information content (AvgIpc) is 2.34. The molecule has 1 saturated heterocycles. The Morgan fingerprint density at radius 1 is 1.53 bits per heavy atom. The molecule has 88 valence electrons. The predicted octanol–water partition coefficient (Wildman–Crippen LogP) is 2.02. The number of hydrogen-bond acceptors (Lipinski definition) is 1. The number of hydrogen-bond donors (Lipinski definition) is 1. The molecule has 0 bridgehead atoms. The fourth-order valence-corrected chi connectivity index (χ4v) is 2.29. The molecule has 0 spiro atoms. The van der Waals surface area contributed by atoms with E-state index in [4.69, 9.17) is 6.42 Å². The van der Waals surface area contributed by atoms with Gasteiger partial charge in [-0.25, -0.2) is 4.79 Å². The van der Waals surface area contributed by atoms with Crippen LogP contribution in [0.25, 0.3) is 0 Å².